The first-order valence-electron chi connectivity index (χ1n) is 10.5. The second-order valence-corrected chi connectivity index (χ2v) is 12.8. The average molecular weight is 673 g/mol. The fourth-order valence-corrected chi connectivity index (χ4v) is 6.50. The number of nitrogens with zero attached hydrogens (tertiary/aromatic N) is 3. The minimum absolute atomic E-state index is 0.111. The summed E-state index contributed by atoms with van der Waals surface area (Å²) in [4.78, 5) is 22.1. The van der Waals surface area contributed by atoms with E-state index in [0.29, 0.717) is 28.6 Å². The van der Waals surface area contributed by atoms with Gasteiger partial charge in [-0.25, -0.2) is 0 Å². The molecule has 0 unspecified atom stereocenters. The molecule has 0 spiro atoms. The fraction of sp³-hybridized carbons (Fsp3) is 0.250. The van der Waals surface area contributed by atoms with E-state index in [4.69, 9.17) is 16.3 Å². The van der Waals surface area contributed by atoms with Gasteiger partial charge in [-0.15, -0.1) is 0 Å². The van der Waals surface area contributed by atoms with Crippen molar-refractivity contribution >= 4 is 47.5 Å². The maximum atomic E-state index is 13.7. The molecule has 1 amide bonds. The number of hydrogen-bond acceptors (Lipinski definition) is 4. The molecule has 1 saturated carbocycles. The molecule has 1 aromatic heterocycles. The van der Waals surface area contributed by atoms with Crippen LogP contribution < -0.4 is 31.8 Å². The average Bonchev–Trinajstić information content (AvgIpc) is 3.65. The maximum absolute atomic E-state index is 13.7. The molecule has 0 bridgehead atoms. The van der Waals surface area contributed by atoms with Gasteiger partial charge in [-0.2, -0.15) is 0 Å². The van der Waals surface area contributed by atoms with E-state index in [0.717, 1.165) is 30.4 Å². The zero-order valence-electron chi connectivity index (χ0n) is 17.2. The van der Waals surface area contributed by atoms with Crippen molar-refractivity contribution in [3.05, 3.63) is 75.1 Å². The van der Waals surface area contributed by atoms with E-state index in [2.05, 4.69) is 34.6 Å². The van der Waals surface area contributed by atoms with Crippen molar-refractivity contribution in [1.29, 1.82) is 0 Å². The molecule has 8 heteroatoms. The van der Waals surface area contributed by atoms with E-state index < -0.39 is 0 Å². The van der Waals surface area contributed by atoms with Gasteiger partial charge >= 0.3 is 195 Å². The molecule has 0 radical (unpaired) electrons. The van der Waals surface area contributed by atoms with Crippen LogP contribution in [0.1, 0.15) is 23.2 Å². The molecule has 1 aliphatic heterocycles. The number of fused-ring (bicyclic) bond motifs is 1. The van der Waals surface area contributed by atoms with Gasteiger partial charge in [0.05, 0.1) is 0 Å². The van der Waals surface area contributed by atoms with E-state index >= 15 is 0 Å². The Labute approximate surface area is 212 Å². The third-order valence-electron chi connectivity index (χ3n) is 5.73. The number of para-hydroxylation sites is 2. The summed E-state index contributed by atoms with van der Waals surface area (Å²) in [5, 5.41) is 0.525. The van der Waals surface area contributed by atoms with Crippen LogP contribution in [0.25, 0.3) is 0 Å². The standard InChI is InChI=1S/C24H21ClI2N3O2/c25-19-8-7-17(27-26)13-23(19)32-22-9-10-28-14-18(22)24(31)30-12-11-29(15-16-5-6-16)20-3-1-2-4-21(20)30/h1-4,7-10,13-14,16H,5-6,11-12,15H2/q-1. The molecular formula is C24H21ClI2N3O2-. The number of benzene rings is 2. The Hall–Kier alpha value is -1.59. The predicted molar refractivity (Wildman–Crippen MR) is 132 cm³/mol. The quantitative estimate of drug-likeness (QED) is 0.378. The number of pyridine rings is 1. The Morgan fingerprint density at radius 2 is 1.94 bits per heavy atom. The SMILES string of the molecule is O=C(c1cnccc1Oc1cc([I-]I)ccc1Cl)N1CCN(CC2CC2)c2ccccc21. The van der Waals surface area contributed by atoms with Gasteiger partial charge in [0.15, 0.2) is 0 Å². The first kappa shape index (κ1) is 22.2. The van der Waals surface area contributed by atoms with E-state index in [1.165, 1.54) is 16.4 Å². The zero-order chi connectivity index (χ0) is 22.1. The molecule has 2 aromatic carbocycles. The summed E-state index contributed by atoms with van der Waals surface area (Å²) in [6, 6.07) is 15.7. The van der Waals surface area contributed by atoms with Crippen LogP contribution in [0.3, 0.4) is 0 Å². The molecule has 0 saturated heterocycles. The number of rotatable bonds is 6. The minimum atomic E-state index is -0.125. The molecule has 1 aliphatic carbocycles. The topological polar surface area (TPSA) is 45.7 Å². The fourth-order valence-electron chi connectivity index (χ4n) is 3.93. The van der Waals surface area contributed by atoms with Crippen molar-refractivity contribution in [2.24, 2.45) is 5.92 Å². The van der Waals surface area contributed by atoms with Crippen molar-refractivity contribution < 1.29 is 26.8 Å². The molecule has 2 aliphatic rings. The third kappa shape index (κ3) is 4.70. The number of aromatic nitrogens is 1. The van der Waals surface area contributed by atoms with Gasteiger partial charge < -0.3 is 0 Å². The monoisotopic (exact) mass is 672 g/mol. The summed E-state index contributed by atoms with van der Waals surface area (Å²) in [6.45, 7) is 2.52. The Balaban J connectivity index is 1.45. The number of amides is 1. The summed E-state index contributed by atoms with van der Waals surface area (Å²) in [7, 11) is 0. The van der Waals surface area contributed by atoms with Crippen molar-refractivity contribution in [2.45, 2.75) is 12.8 Å². The van der Waals surface area contributed by atoms with Gasteiger partial charge in [-0.1, -0.05) is 0 Å². The number of carbonyl (C=O) groups excluding carboxylic acids is 1. The van der Waals surface area contributed by atoms with E-state index in [1.54, 1.807) is 18.5 Å². The Morgan fingerprint density at radius 1 is 1.12 bits per heavy atom. The molecule has 2 heterocycles. The van der Waals surface area contributed by atoms with E-state index in [-0.39, 0.29) is 23.1 Å². The molecule has 166 valence electrons. The van der Waals surface area contributed by atoms with Gasteiger partial charge in [0, 0.05) is 0 Å². The van der Waals surface area contributed by atoms with Crippen LogP contribution in [0.4, 0.5) is 11.4 Å². The summed E-state index contributed by atoms with van der Waals surface area (Å²) in [5.74, 6) is 1.71. The van der Waals surface area contributed by atoms with Gasteiger partial charge in [0.1, 0.15) is 0 Å². The molecule has 32 heavy (non-hydrogen) atoms. The molecule has 1 fully saturated rings. The van der Waals surface area contributed by atoms with Crippen LogP contribution in [0.5, 0.6) is 11.5 Å². The Bertz CT molecular complexity index is 1160. The summed E-state index contributed by atoms with van der Waals surface area (Å²) in [6.07, 6.45) is 5.83. The molecule has 5 rings (SSSR count). The van der Waals surface area contributed by atoms with Crippen LogP contribution in [0.2, 0.25) is 5.02 Å². The number of halogens is 3. The van der Waals surface area contributed by atoms with Gasteiger partial charge in [-0.05, 0) is 18.8 Å². The van der Waals surface area contributed by atoms with Crippen molar-refractivity contribution in [3.8, 4) is 11.5 Å². The van der Waals surface area contributed by atoms with Crippen molar-refractivity contribution in [2.75, 3.05) is 29.4 Å². The Kier molecular flexibility index (Phi) is 6.75. The van der Waals surface area contributed by atoms with Crippen LogP contribution in [-0.4, -0.2) is 30.5 Å². The Morgan fingerprint density at radius 3 is 2.72 bits per heavy atom. The molecular weight excluding hydrogens is 652 g/mol. The van der Waals surface area contributed by atoms with Crippen LogP contribution in [0, 0.1) is 9.49 Å². The molecule has 0 atom stereocenters. The number of hydrogen-bond donors (Lipinski definition) is 0. The normalized spacial score (nSPS) is 15.6. The second-order valence-electron chi connectivity index (χ2n) is 7.95. The first-order chi connectivity index (χ1) is 15.6. The second kappa shape index (κ2) is 9.72. The molecule has 5 nitrogen and oxygen atoms in total. The summed E-state index contributed by atoms with van der Waals surface area (Å²) < 4.78 is 7.36. The van der Waals surface area contributed by atoms with Crippen LogP contribution >= 0.6 is 30.2 Å². The summed E-state index contributed by atoms with van der Waals surface area (Å²) in [5.41, 5.74) is 2.49. The number of ether oxygens (including phenoxy) is 1. The zero-order valence-corrected chi connectivity index (χ0v) is 22.2. The first-order valence-corrected chi connectivity index (χ1v) is 18.2. The van der Waals surface area contributed by atoms with Gasteiger partial charge in [-0.3, -0.25) is 0 Å². The van der Waals surface area contributed by atoms with Crippen molar-refractivity contribution in [1.82, 2.24) is 4.98 Å². The summed E-state index contributed by atoms with van der Waals surface area (Å²) >= 11 is 8.67. The third-order valence-corrected chi connectivity index (χ3v) is 10.3. The van der Waals surface area contributed by atoms with Crippen LogP contribution in [-0.2, 0) is 0 Å². The molecule has 0 N–H and O–H groups in total. The van der Waals surface area contributed by atoms with Crippen LogP contribution in [0.15, 0.2) is 60.9 Å². The van der Waals surface area contributed by atoms with Gasteiger partial charge in [0.2, 0.25) is 0 Å². The number of carbonyl (C=O) groups is 1. The predicted octanol–water partition coefficient (Wildman–Crippen LogP) is 3.01. The molecule has 3 aromatic rings. The van der Waals surface area contributed by atoms with E-state index in [9.17, 15) is 4.79 Å². The van der Waals surface area contributed by atoms with E-state index in [1.807, 2.05) is 41.3 Å². The van der Waals surface area contributed by atoms with Crippen molar-refractivity contribution in [3.63, 3.8) is 0 Å². The number of anilines is 2. The van der Waals surface area contributed by atoms with Gasteiger partial charge in [0.25, 0.3) is 0 Å².